The molecule has 1 aromatic carbocycles. The topological polar surface area (TPSA) is 81.8 Å². The van der Waals surface area contributed by atoms with Gasteiger partial charge in [-0.3, -0.25) is 14.3 Å². The predicted octanol–water partition coefficient (Wildman–Crippen LogP) is 1.95. The monoisotopic (exact) mass is 365 g/mol. The van der Waals surface area contributed by atoms with Crippen LogP contribution in [-0.4, -0.2) is 31.8 Å². The van der Waals surface area contributed by atoms with Gasteiger partial charge in [-0.1, -0.05) is 37.3 Å². The van der Waals surface area contributed by atoms with Crippen LogP contribution < -0.4 is 11.0 Å². The molecular formula is C20H23N5O2. The van der Waals surface area contributed by atoms with Crippen molar-refractivity contribution in [2.45, 2.75) is 25.8 Å². The first-order chi connectivity index (χ1) is 13.1. The lowest BCUT2D eigenvalue weighted by atomic mass is 9.96. The van der Waals surface area contributed by atoms with Crippen molar-refractivity contribution in [1.82, 2.24) is 24.6 Å². The van der Waals surface area contributed by atoms with Gasteiger partial charge in [-0.15, -0.1) is 5.10 Å². The molecule has 0 radical (unpaired) electrons. The van der Waals surface area contributed by atoms with E-state index in [-0.39, 0.29) is 17.5 Å². The van der Waals surface area contributed by atoms with E-state index in [2.05, 4.69) is 15.4 Å². The van der Waals surface area contributed by atoms with Gasteiger partial charge in [0.05, 0.1) is 12.5 Å². The molecule has 0 aliphatic rings. The van der Waals surface area contributed by atoms with Gasteiger partial charge in [0.2, 0.25) is 5.91 Å². The minimum atomic E-state index is -0.224. The molecule has 2 heterocycles. The molecule has 0 saturated heterocycles. The van der Waals surface area contributed by atoms with Crippen LogP contribution in [0, 0.1) is 0 Å². The first-order valence-corrected chi connectivity index (χ1v) is 8.98. The zero-order valence-electron chi connectivity index (χ0n) is 15.5. The van der Waals surface area contributed by atoms with Crippen LogP contribution in [0.25, 0.3) is 11.4 Å². The van der Waals surface area contributed by atoms with E-state index in [4.69, 9.17) is 0 Å². The van der Waals surface area contributed by atoms with Crippen molar-refractivity contribution in [3.05, 3.63) is 70.9 Å². The highest BCUT2D eigenvalue weighted by Gasteiger charge is 2.18. The number of aromatic nitrogens is 4. The molecule has 1 atom stereocenters. The summed E-state index contributed by atoms with van der Waals surface area (Å²) in [7, 11) is 1.68. The molecule has 7 heteroatoms. The summed E-state index contributed by atoms with van der Waals surface area (Å²) in [6, 6.07) is 13.4. The Kier molecular flexibility index (Phi) is 5.80. The molecule has 3 aromatic rings. The number of amides is 1. The molecule has 1 N–H and O–H groups in total. The maximum Gasteiger partial charge on any atom is 0.345 e. The van der Waals surface area contributed by atoms with Crippen LogP contribution in [-0.2, 0) is 18.4 Å². The summed E-state index contributed by atoms with van der Waals surface area (Å²) < 4.78 is 2.85. The summed E-state index contributed by atoms with van der Waals surface area (Å²) >= 11 is 0. The maximum atomic E-state index is 12.5. The molecule has 0 saturated carbocycles. The van der Waals surface area contributed by atoms with Gasteiger partial charge in [0.25, 0.3) is 0 Å². The van der Waals surface area contributed by atoms with Gasteiger partial charge in [-0.05, 0) is 24.1 Å². The first kappa shape index (κ1) is 18.6. The molecule has 140 valence electrons. The van der Waals surface area contributed by atoms with Crippen molar-refractivity contribution in [3.8, 4) is 11.4 Å². The lowest BCUT2D eigenvalue weighted by Crippen LogP contribution is -2.34. The van der Waals surface area contributed by atoms with Crippen LogP contribution in [0.2, 0.25) is 0 Å². The number of rotatable bonds is 7. The summed E-state index contributed by atoms with van der Waals surface area (Å²) in [6.45, 7) is 2.64. The van der Waals surface area contributed by atoms with Crippen molar-refractivity contribution in [3.63, 3.8) is 0 Å². The molecule has 2 aromatic heterocycles. The summed E-state index contributed by atoms with van der Waals surface area (Å²) in [6.07, 6.45) is 4.05. The Morgan fingerprint density at radius 3 is 2.63 bits per heavy atom. The molecule has 0 aliphatic heterocycles. The van der Waals surface area contributed by atoms with E-state index in [1.165, 1.54) is 9.25 Å². The van der Waals surface area contributed by atoms with Crippen molar-refractivity contribution < 1.29 is 4.79 Å². The van der Waals surface area contributed by atoms with Gasteiger partial charge in [0.1, 0.15) is 0 Å². The molecular weight excluding hydrogens is 342 g/mol. The zero-order chi connectivity index (χ0) is 19.2. The Morgan fingerprint density at radius 2 is 1.96 bits per heavy atom. The number of nitrogens with one attached hydrogen (secondary N) is 1. The Morgan fingerprint density at radius 1 is 1.19 bits per heavy atom. The van der Waals surface area contributed by atoms with Gasteiger partial charge in [0, 0.05) is 31.5 Å². The lowest BCUT2D eigenvalue weighted by molar-refractivity contribution is -0.122. The van der Waals surface area contributed by atoms with E-state index in [0.29, 0.717) is 25.3 Å². The standard InChI is InChI=1S/C20H23N5O2/c1-3-17(15-8-5-4-6-9-15)19(26)22-12-13-25-20(27)24(2)18(23-25)16-10-7-11-21-14-16/h4-11,14,17H,3,12-13H2,1-2H3,(H,22,26). The number of hydrogen-bond acceptors (Lipinski definition) is 4. The minimum Gasteiger partial charge on any atom is -0.354 e. The van der Waals surface area contributed by atoms with Crippen molar-refractivity contribution in [1.29, 1.82) is 0 Å². The zero-order valence-corrected chi connectivity index (χ0v) is 15.5. The van der Waals surface area contributed by atoms with Gasteiger partial charge < -0.3 is 5.32 Å². The second-order valence-electron chi connectivity index (χ2n) is 6.29. The fraction of sp³-hybridized carbons (Fsp3) is 0.300. The van der Waals surface area contributed by atoms with Crippen LogP contribution in [0.5, 0.6) is 0 Å². The Labute approximate surface area is 157 Å². The van der Waals surface area contributed by atoms with E-state index in [0.717, 1.165) is 11.1 Å². The Balaban J connectivity index is 1.65. The van der Waals surface area contributed by atoms with Crippen LogP contribution in [0.15, 0.2) is 59.7 Å². The molecule has 27 heavy (non-hydrogen) atoms. The molecule has 7 nitrogen and oxygen atoms in total. The third-order valence-electron chi connectivity index (χ3n) is 4.51. The van der Waals surface area contributed by atoms with E-state index >= 15 is 0 Å². The summed E-state index contributed by atoms with van der Waals surface area (Å²) in [5.41, 5.74) is 1.54. The quantitative estimate of drug-likeness (QED) is 0.694. The highest BCUT2D eigenvalue weighted by Crippen LogP contribution is 2.19. The van der Waals surface area contributed by atoms with Crippen LogP contribution in [0.3, 0.4) is 0 Å². The predicted molar refractivity (Wildman–Crippen MR) is 103 cm³/mol. The van der Waals surface area contributed by atoms with Crippen molar-refractivity contribution >= 4 is 5.91 Å². The highest BCUT2D eigenvalue weighted by molar-refractivity contribution is 5.83. The summed E-state index contributed by atoms with van der Waals surface area (Å²) in [5.74, 6) is 0.313. The highest BCUT2D eigenvalue weighted by atomic mass is 16.2. The number of nitrogens with zero attached hydrogens (tertiary/aromatic N) is 4. The fourth-order valence-corrected chi connectivity index (χ4v) is 3.05. The SMILES string of the molecule is CCC(C(=O)NCCn1nc(-c2cccnc2)n(C)c1=O)c1ccccc1. The maximum absolute atomic E-state index is 12.5. The van der Waals surface area contributed by atoms with Crippen LogP contribution in [0.4, 0.5) is 0 Å². The number of carbonyl (C=O) groups is 1. The number of hydrogen-bond donors (Lipinski definition) is 1. The van der Waals surface area contributed by atoms with Gasteiger partial charge >= 0.3 is 5.69 Å². The van der Waals surface area contributed by atoms with Gasteiger partial charge in [-0.25, -0.2) is 9.48 Å². The molecule has 0 bridgehead atoms. The number of carbonyl (C=O) groups excluding carboxylic acids is 1. The second kappa shape index (κ2) is 8.44. The normalized spacial score (nSPS) is 11.9. The van der Waals surface area contributed by atoms with Gasteiger partial charge in [-0.2, -0.15) is 0 Å². The fourth-order valence-electron chi connectivity index (χ4n) is 3.05. The van der Waals surface area contributed by atoms with Crippen LogP contribution in [0.1, 0.15) is 24.8 Å². The molecule has 3 rings (SSSR count). The first-order valence-electron chi connectivity index (χ1n) is 8.98. The summed E-state index contributed by atoms with van der Waals surface area (Å²) in [5, 5.41) is 7.29. The third-order valence-corrected chi connectivity index (χ3v) is 4.51. The number of benzene rings is 1. The molecule has 0 fully saturated rings. The minimum absolute atomic E-state index is 0.0415. The second-order valence-corrected chi connectivity index (χ2v) is 6.29. The van der Waals surface area contributed by atoms with E-state index in [1.807, 2.05) is 43.3 Å². The molecule has 1 unspecified atom stereocenters. The van der Waals surface area contributed by atoms with E-state index in [1.54, 1.807) is 25.5 Å². The van der Waals surface area contributed by atoms with Crippen LogP contribution >= 0.6 is 0 Å². The average molecular weight is 365 g/mol. The molecule has 1 amide bonds. The lowest BCUT2D eigenvalue weighted by Gasteiger charge is -2.15. The van der Waals surface area contributed by atoms with Gasteiger partial charge in [0.15, 0.2) is 5.82 Å². The van der Waals surface area contributed by atoms with Crippen molar-refractivity contribution in [2.75, 3.05) is 6.54 Å². The Bertz CT molecular complexity index is 948. The summed E-state index contributed by atoms with van der Waals surface area (Å²) in [4.78, 5) is 29.0. The van der Waals surface area contributed by atoms with E-state index in [9.17, 15) is 9.59 Å². The average Bonchev–Trinajstić information content (AvgIpc) is 2.99. The van der Waals surface area contributed by atoms with E-state index < -0.39 is 0 Å². The smallest absolute Gasteiger partial charge is 0.345 e. The molecule has 0 spiro atoms. The van der Waals surface area contributed by atoms with Crippen molar-refractivity contribution in [2.24, 2.45) is 7.05 Å². The largest absolute Gasteiger partial charge is 0.354 e. The molecule has 0 aliphatic carbocycles. The number of pyridine rings is 1. The Hall–Kier alpha value is -3.22. The third kappa shape index (κ3) is 4.13.